The summed E-state index contributed by atoms with van der Waals surface area (Å²) in [5, 5.41) is 6.66. The standard InChI is InChI=1S/C19H17F2N7O2S/c1-10(12-4-3-11(20)7-13(12)21)24-16-8-14(25-19(26-16)31(2,29)30)17-15-5-6-23-9-28(15)27-18(17)22/h3-10H,1-2H3,(H2,22,27)(H,24,25,26)/t10-/m0/s1. The van der Waals surface area contributed by atoms with E-state index in [9.17, 15) is 17.2 Å². The van der Waals surface area contributed by atoms with Gasteiger partial charge in [-0.25, -0.2) is 36.7 Å². The Hall–Kier alpha value is -3.67. The summed E-state index contributed by atoms with van der Waals surface area (Å²) in [5.41, 5.74) is 7.41. The first-order valence-corrected chi connectivity index (χ1v) is 10.9. The van der Waals surface area contributed by atoms with Gasteiger partial charge in [0.25, 0.3) is 0 Å². The topological polar surface area (TPSA) is 128 Å². The molecule has 0 fully saturated rings. The van der Waals surface area contributed by atoms with Gasteiger partial charge in [-0.2, -0.15) is 0 Å². The zero-order valence-corrected chi connectivity index (χ0v) is 17.2. The van der Waals surface area contributed by atoms with Crippen LogP contribution in [0.4, 0.5) is 20.4 Å². The van der Waals surface area contributed by atoms with Crippen LogP contribution in [0.25, 0.3) is 16.8 Å². The van der Waals surface area contributed by atoms with Crippen molar-refractivity contribution in [3.8, 4) is 11.3 Å². The zero-order valence-electron chi connectivity index (χ0n) is 16.4. The maximum Gasteiger partial charge on any atom is 0.249 e. The molecule has 0 bridgehead atoms. The van der Waals surface area contributed by atoms with Crippen molar-refractivity contribution >= 4 is 27.0 Å². The molecule has 1 aromatic carbocycles. The normalized spacial score (nSPS) is 12.8. The quantitative estimate of drug-likeness (QED) is 0.449. The lowest BCUT2D eigenvalue weighted by Gasteiger charge is -2.17. The predicted octanol–water partition coefficient (Wildman–Crippen LogP) is 2.62. The molecule has 0 spiro atoms. The van der Waals surface area contributed by atoms with Gasteiger partial charge in [0.2, 0.25) is 15.0 Å². The van der Waals surface area contributed by atoms with Crippen LogP contribution in [0.5, 0.6) is 0 Å². The van der Waals surface area contributed by atoms with E-state index in [1.807, 2.05) is 0 Å². The van der Waals surface area contributed by atoms with Crippen molar-refractivity contribution < 1.29 is 17.2 Å². The molecular weight excluding hydrogens is 428 g/mol. The van der Waals surface area contributed by atoms with E-state index < -0.39 is 32.7 Å². The van der Waals surface area contributed by atoms with Crippen LogP contribution in [0.2, 0.25) is 0 Å². The number of hydrogen-bond donors (Lipinski definition) is 2. The maximum atomic E-state index is 14.2. The van der Waals surface area contributed by atoms with Gasteiger partial charge in [-0.1, -0.05) is 6.07 Å². The first kappa shape index (κ1) is 20.6. The van der Waals surface area contributed by atoms with Crippen molar-refractivity contribution in [2.24, 2.45) is 0 Å². The minimum absolute atomic E-state index is 0.120. The molecule has 3 aromatic heterocycles. The number of anilines is 2. The number of nitrogens with zero attached hydrogens (tertiary/aromatic N) is 5. The number of sulfone groups is 1. The van der Waals surface area contributed by atoms with E-state index >= 15 is 0 Å². The summed E-state index contributed by atoms with van der Waals surface area (Å²) >= 11 is 0. The van der Waals surface area contributed by atoms with Gasteiger partial charge < -0.3 is 11.1 Å². The summed E-state index contributed by atoms with van der Waals surface area (Å²) in [6.45, 7) is 1.63. The van der Waals surface area contributed by atoms with E-state index in [-0.39, 0.29) is 22.9 Å². The van der Waals surface area contributed by atoms with Crippen LogP contribution >= 0.6 is 0 Å². The highest BCUT2D eigenvalue weighted by Crippen LogP contribution is 2.31. The van der Waals surface area contributed by atoms with Crippen LogP contribution in [-0.2, 0) is 9.84 Å². The molecule has 0 saturated carbocycles. The molecule has 31 heavy (non-hydrogen) atoms. The Balaban J connectivity index is 1.83. The van der Waals surface area contributed by atoms with E-state index in [1.165, 1.54) is 29.2 Å². The van der Waals surface area contributed by atoms with E-state index in [0.29, 0.717) is 11.1 Å². The van der Waals surface area contributed by atoms with Crippen LogP contribution in [0.3, 0.4) is 0 Å². The first-order valence-electron chi connectivity index (χ1n) is 9.02. The fraction of sp³-hybridized carbons (Fsp3) is 0.158. The first-order chi connectivity index (χ1) is 14.6. The Bertz CT molecular complexity index is 1410. The van der Waals surface area contributed by atoms with Crippen molar-refractivity contribution in [3.05, 3.63) is 60.1 Å². The van der Waals surface area contributed by atoms with Crippen molar-refractivity contribution in [3.63, 3.8) is 0 Å². The number of aromatic nitrogens is 5. The molecule has 1 atom stereocenters. The lowest BCUT2D eigenvalue weighted by Crippen LogP contribution is -2.13. The highest BCUT2D eigenvalue weighted by atomic mass is 32.2. The third-order valence-electron chi connectivity index (χ3n) is 4.56. The molecular formula is C19H17F2N7O2S. The average Bonchev–Trinajstić information content (AvgIpc) is 3.02. The highest BCUT2D eigenvalue weighted by molar-refractivity contribution is 7.90. The molecule has 3 N–H and O–H groups in total. The molecule has 4 rings (SSSR count). The van der Waals surface area contributed by atoms with Crippen molar-refractivity contribution in [2.75, 3.05) is 17.3 Å². The van der Waals surface area contributed by atoms with Gasteiger partial charge in [0.05, 0.1) is 22.8 Å². The third-order valence-corrected chi connectivity index (χ3v) is 5.40. The summed E-state index contributed by atoms with van der Waals surface area (Å²) in [5.74, 6) is -1.20. The van der Waals surface area contributed by atoms with Gasteiger partial charge in [0.15, 0.2) is 5.82 Å². The monoisotopic (exact) mass is 445 g/mol. The number of halogens is 2. The van der Waals surface area contributed by atoms with Crippen LogP contribution in [0.15, 0.2) is 48.0 Å². The lowest BCUT2D eigenvalue weighted by molar-refractivity contribution is 0.565. The number of nitrogens with one attached hydrogen (secondary N) is 1. The van der Waals surface area contributed by atoms with Crippen LogP contribution in [-0.4, -0.2) is 39.2 Å². The Kier molecular flexibility index (Phi) is 5.01. The molecule has 160 valence electrons. The molecule has 4 aromatic rings. The van der Waals surface area contributed by atoms with Gasteiger partial charge in [0, 0.05) is 30.1 Å². The SMILES string of the molecule is C[C@H](Nc1cc(-c2c(N)nn3cnccc23)nc(S(C)(=O)=O)n1)c1ccc(F)cc1F. The molecule has 0 saturated heterocycles. The number of fused-ring (bicyclic) bond motifs is 1. The second kappa shape index (κ2) is 7.54. The molecule has 12 heteroatoms. The summed E-state index contributed by atoms with van der Waals surface area (Å²) < 4.78 is 53.2. The number of benzene rings is 1. The van der Waals surface area contributed by atoms with Gasteiger partial charge >= 0.3 is 0 Å². The fourth-order valence-electron chi connectivity index (χ4n) is 3.14. The number of nitrogen functional groups attached to an aromatic ring is 1. The molecule has 0 aliphatic rings. The number of rotatable bonds is 5. The van der Waals surface area contributed by atoms with Crippen molar-refractivity contribution in [1.29, 1.82) is 0 Å². The Morgan fingerprint density at radius 3 is 2.65 bits per heavy atom. The molecule has 0 aliphatic carbocycles. The zero-order chi connectivity index (χ0) is 22.3. The molecule has 0 unspecified atom stereocenters. The van der Waals surface area contributed by atoms with E-state index in [1.54, 1.807) is 13.0 Å². The summed E-state index contributed by atoms with van der Waals surface area (Å²) in [4.78, 5) is 12.2. The van der Waals surface area contributed by atoms with Gasteiger partial charge in [-0.15, -0.1) is 5.10 Å². The van der Waals surface area contributed by atoms with Crippen LogP contribution < -0.4 is 11.1 Å². The van der Waals surface area contributed by atoms with E-state index in [4.69, 9.17) is 5.73 Å². The molecule has 0 radical (unpaired) electrons. The minimum Gasteiger partial charge on any atom is -0.382 e. The highest BCUT2D eigenvalue weighted by Gasteiger charge is 2.21. The van der Waals surface area contributed by atoms with Gasteiger partial charge in [-0.3, -0.25) is 0 Å². The smallest absolute Gasteiger partial charge is 0.249 e. The second-order valence-electron chi connectivity index (χ2n) is 6.90. The van der Waals surface area contributed by atoms with E-state index in [0.717, 1.165) is 18.4 Å². The van der Waals surface area contributed by atoms with Gasteiger partial charge in [-0.05, 0) is 19.1 Å². The summed E-state index contributed by atoms with van der Waals surface area (Å²) in [6.07, 6.45) is 3.96. The second-order valence-corrected chi connectivity index (χ2v) is 8.80. The Morgan fingerprint density at radius 2 is 1.94 bits per heavy atom. The molecule has 0 amide bonds. The molecule has 9 nitrogen and oxygen atoms in total. The lowest BCUT2D eigenvalue weighted by atomic mass is 10.1. The summed E-state index contributed by atoms with van der Waals surface area (Å²) in [6, 6.07) is 5.70. The molecule has 0 aliphatic heterocycles. The Morgan fingerprint density at radius 1 is 1.16 bits per heavy atom. The summed E-state index contributed by atoms with van der Waals surface area (Å²) in [7, 11) is -3.79. The fourth-order valence-corrected chi connectivity index (χ4v) is 3.66. The number of nitrogens with two attached hydrogens (primary N) is 1. The average molecular weight is 445 g/mol. The van der Waals surface area contributed by atoms with Crippen molar-refractivity contribution in [1.82, 2.24) is 24.6 Å². The van der Waals surface area contributed by atoms with Crippen LogP contribution in [0, 0.1) is 11.6 Å². The maximum absolute atomic E-state index is 14.2. The van der Waals surface area contributed by atoms with Crippen LogP contribution in [0.1, 0.15) is 18.5 Å². The van der Waals surface area contributed by atoms with E-state index in [2.05, 4.69) is 25.4 Å². The van der Waals surface area contributed by atoms with Gasteiger partial charge in [0.1, 0.15) is 23.8 Å². The predicted molar refractivity (Wildman–Crippen MR) is 110 cm³/mol. The van der Waals surface area contributed by atoms with Crippen molar-refractivity contribution in [2.45, 2.75) is 18.1 Å². The minimum atomic E-state index is -3.79. The largest absolute Gasteiger partial charge is 0.382 e. The number of hydrogen-bond acceptors (Lipinski definition) is 8. The third kappa shape index (κ3) is 4.01. The Labute approximate surface area is 175 Å². The molecule has 3 heterocycles.